The van der Waals surface area contributed by atoms with E-state index in [-0.39, 0.29) is 53.9 Å². The second kappa shape index (κ2) is 17.4. The number of hydrogen-bond acceptors (Lipinski definition) is 10. The van der Waals surface area contributed by atoms with Crippen molar-refractivity contribution in [1.82, 2.24) is 34.8 Å². The Hall–Kier alpha value is -3.37. The van der Waals surface area contributed by atoms with Crippen molar-refractivity contribution >= 4 is 110 Å². The molecule has 19 heteroatoms. The van der Waals surface area contributed by atoms with Crippen molar-refractivity contribution in [2.75, 3.05) is 17.8 Å². The summed E-state index contributed by atoms with van der Waals surface area (Å²) < 4.78 is 1.34. The lowest BCUT2D eigenvalue weighted by atomic mass is 10.1. The fraction of sp³-hybridized carbons (Fsp3) is 0.250. The van der Waals surface area contributed by atoms with Crippen LogP contribution >= 0.6 is 81.5 Å². The van der Waals surface area contributed by atoms with Crippen LogP contribution in [0.3, 0.4) is 0 Å². The van der Waals surface area contributed by atoms with E-state index in [2.05, 4.69) is 35.6 Å². The van der Waals surface area contributed by atoms with Crippen molar-refractivity contribution < 1.29 is 9.59 Å². The number of urea groups is 1. The number of anilines is 1. The van der Waals surface area contributed by atoms with Gasteiger partial charge in [-0.1, -0.05) is 85.7 Å². The summed E-state index contributed by atoms with van der Waals surface area (Å²) in [5.74, 6) is -0.611. The van der Waals surface area contributed by atoms with Gasteiger partial charge in [-0.25, -0.2) is 24.1 Å². The van der Waals surface area contributed by atoms with E-state index in [4.69, 9.17) is 58.0 Å². The van der Waals surface area contributed by atoms with E-state index in [0.29, 0.717) is 17.1 Å². The lowest BCUT2D eigenvalue weighted by molar-refractivity contribution is 0.0967. The Morgan fingerprint density at radius 1 is 0.804 bits per heavy atom. The first-order valence-corrected chi connectivity index (χ1v) is 19.1. The number of amides is 3. The van der Waals surface area contributed by atoms with Gasteiger partial charge in [0.2, 0.25) is 0 Å². The molecule has 0 aromatic carbocycles. The van der Waals surface area contributed by atoms with Crippen LogP contribution in [0.2, 0.25) is 25.5 Å². The van der Waals surface area contributed by atoms with E-state index in [1.807, 2.05) is 46.3 Å². The molecule has 3 amide bonds. The third-order valence-electron chi connectivity index (χ3n) is 7.00. The maximum Gasteiger partial charge on any atom is 0.334 e. The van der Waals surface area contributed by atoms with Crippen molar-refractivity contribution in [3.8, 4) is 5.69 Å². The van der Waals surface area contributed by atoms with Crippen LogP contribution in [0.1, 0.15) is 61.3 Å². The molecule has 0 radical (unpaired) electrons. The lowest BCUT2D eigenvalue weighted by Gasteiger charge is -2.18. The number of halogens is 5. The molecule has 5 aromatic rings. The molecular formula is C32H29Cl5N8O4S2. The van der Waals surface area contributed by atoms with Crippen molar-refractivity contribution in [2.24, 2.45) is 0 Å². The Morgan fingerprint density at radius 3 is 1.98 bits per heavy atom. The Balaban J connectivity index is 0.000000229. The summed E-state index contributed by atoms with van der Waals surface area (Å²) in [6.45, 7) is 7.88. The second-order valence-corrected chi connectivity index (χ2v) is 14.6. The quantitative estimate of drug-likeness (QED) is 0.107. The number of imide groups is 1. The summed E-state index contributed by atoms with van der Waals surface area (Å²) in [4.78, 5) is 70.1. The standard InChI is InChI=1S/C16H15Cl3N4O2S.C16H14Cl2N4O2S/c1-7(2)11-12(10(26-3)4-5-20-11)21-16(25)23-15(24)8-6-9(17)14(19)22-13(8)18;1-7(2)11-12(10(25-3)4-5-19-11)22-14-8(15(23)21-16(22)24)6-9(17)13(18)20-14/h4-7H,1-3H3,(H2,21,23,24,25);4-7H,1-3H3,(H,21,23,24). The SMILES string of the molecule is CSc1ccnc(C(C)C)c1-n1c(=O)[nH]c(=O)c2cc(Cl)c(Cl)nc21.CSc1ccnc(C(C)C)c1NC(=O)NC(=O)c1cc(Cl)c(Cl)nc1Cl. The maximum absolute atomic E-state index is 12.6. The molecule has 51 heavy (non-hydrogen) atoms. The summed E-state index contributed by atoms with van der Waals surface area (Å²) in [7, 11) is 0. The van der Waals surface area contributed by atoms with Gasteiger partial charge in [-0.2, -0.15) is 0 Å². The molecule has 0 aliphatic carbocycles. The van der Waals surface area contributed by atoms with E-state index in [9.17, 15) is 19.2 Å². The summed E-state index contributed by atoms with van der Waals surface area (Å²) in [5.41, 5.74) is 1.49. The minimum absolute atomic E-state index is 0.0219. The van der Waals surface area contributed by atoms with Gasteiger partial charge in [0.25, 0.3) is 11.5 Å². The highest BCUT2D eigenvalue weighted by atomic mass is 35.5. The van der Waals surface area contributed by atoms with E-state index in [0.717, 1.165) is 15.5 Å². The Bertz CT molecular complexity index is 2270. The van der Waals surface area contributed by atoms with Crippen molar-refractivity contribution in [2.45, 2.75) is 49.3 Å². The van der Waals surface area contributed by atoms with Gasteiger partial charge < -0.3 is 5.32 Å². The third-order valence-corrected chi connectivity index (χ3v) is 10.2. The molecule has 12 nitrogen and oxygen atoms in total. The number of aromatic amines is 1. The molecule has 0 atom stereocenters. The molecule has 5 aromatic heterocycles. The highest BCUT2D eigenvalue weighted by Gasteiger charge is 2.22. The maximum atomic E-state index is 12.6. The minimum atomic E-state index is -0.751. The summed E-state index contributed by atoms with van der Waals surface area (Å²) in [6.07, 6.45) is 7.16. The van der Waals surface area contributed by atoms with Crippen LogP contribution in [0.4, 0.5) is 10.5 Å². The average Bonchev–Trinajstić information content (AvgIpc) is 3.07. The Kier molecular flexibility index (Phi) is 13.8. The predicted molar refractivity (Wildman–Crippen MR) is 208 cm³/mol. The highest BCUT2D eigenvalue weighted by Crippen LogP contribution is 2.33. The van der Waals surface area contributed by atoms with Gasteiger partial charge in [0.05, 0.1) is 43.8 Å². The summed E-state index contributed by atoms with van der Waals surface area (Å²) in [5, 5.41) is 5.10. The average molecular weight is 831 g/mol. The molecule has 0 spiro atoms. The minimum Gasteiger partial charge on any atom is -0.305 e. The first kappa shape index (κ1) is 40.4. The van der Waals surface area contributed by atoms with E-state index >= 15 is 0 Å². The van der Waals surface area contributed by atoms with Gasteiger partial charge in [-0.15, -0.1) is 23.5 Å². The van der Waals surface area contributed by atoms with E-state index in [1.54, 1.807) is 18.5 Å². The first-order valence-electron chi connectivity index (χ1n) is 14.8. The summed E-state index contributed by atoms with van der Waals surface area (Å²) in [6, 6.07) is 5.53. The Labute approximate surface area is 325 Å². The number of nitrogens with one attached hydrogen (secondary N) is 3. The van der Waals surface area contributed by atoms with E-state index < -0.39 is 23.2 Å². The number of pyridine rings is 4. The number of hydrogen-bond donors (Lipinski definition) is 3. The number of nitrogens with zero attached hydrogens (tertiary/aromatic N) is 5. The number of carbonyl (C=O) groups excluding carboxylic acids is 2. The van der Waals surface area contributed by atoms with E-state index in [1.165, 1.54) is 40.2 Å². The van der Waals surface area contributed by atoms with Crippen LogP contribution in [-0.4, -0.2) is 53.9 Å². The van der Waals surface area contributed by atoms with Crippen LogP contribution < -0.4 is 21.9 Å². The number of rotatable bonds is 7. The Morgan fingerprint density at radius 2 is 1.37 bits per heavy atom. The molecular weight excluding hydrogens is 802 g/mol. The molecule has 0 aliphatic rings. The second-order valence-electron chi connectivity index (χ2n) is 11.1. The zero-order valence-corrected chi connectivity index (χ0v) is 33.1. The van der Waals surface area contributed by atoms with Gasteiger partial charge in [0.15, 0.2) is 5.65 Å². The fourth-order valence-electron chi connectivity index (χ4n) is 4.70. The number of fused-ring (bicyclic) bond motifs is 1. The van der Waals surface area contributed by atoms with Crippen LogP contribution in [0.5, 0.6) is 0 Å². The molecule has 0 aliphatic heterocycles. The van der Waals surface area contributed by atoms with Crippen LogP contribution in [0.25, 0.3) is 16.7 Å². The number of thioether (sulfide) groups is 2. The third kappa shape index (κ3) is 9.17. The highest BCUT2D eigenvalue weighted by molar-refractivity contribution is 7.99. The number of carbonyl (C=O) groups is 2. The fourth-order valence-corrected chi connectivity index (χ4v) is 6.68. The first-order chi connectivity index (χ1) is 24.1. The van der Waals surface area contributed by atoms with Crippen molar-refractivity contribution in [3.63, 3.8) is 0 Å². The number of aromatic nitrogens is 6. The van der Waals surface area contributed by atoms with Gasteiger partial charge in [0.1, 0.15) is 15.5 Å². The molecule has 268 valence electrons. The van der Waals surface area contributed by atoms with Gasteiger partial charge in [-0.3, -0.25) is 29.9 Å². The van der Waals surface area contributed by atoms with Crippen molar-refractivity contribution in [3.05, 3.63) is 100.0 Å². The molecule has 5 heterocycles. The van der Waals surface area contributed by atoms with Gasteiger partial charge in [0, 0.05) is 22.2 Å². The molecule has 0 saturated heterocycles. The molecule has 5 rings (SSSR count). The summed E-state index contributed by atoms with van der Waals surface area (Å²) >= 11 is 32.4. The smallest absolute Gasteiger partial charge is 0.305 e. The van der Waals surface area contributed by atoms with Crippen LogP contribution in [0, 0.1) is 0 Å². The normalized spacial score (nSPS) is 11.1. The van der Waals surface area contributed by atoms with Crippen LogP contribution in [0.15, 0.2) is 56.0 Å². The zero-order chi connectivity index (χ0) is 37.7. The molecule has 0 unspecified atom stereocenters. The lowest BCUT2D eigenvalue weighted by Crippen LogP contribution is -2.35. The molecule has 0 saturated carbocycles. The predicted octanol–water partition coefficient (Wildman–Crippen LogP) is 8.87. The largest absolute Gasteiger partial charge is 0.334 e. The monoisotopic (exact) mass is 828 g/mol. The van der Waals surface area contributed by atoms with Gasteiger partial charge >= 0.3 is 11.7 Å². The van der Waals surface area contributed by atoms with Crippen LogP contribution in [-0.2, 0) is 0 Å². The molecule has 0 fully saturated rings. The molecule has 3 N–H and O–H groups in total. The van der Waals surface area contributed by atoms with Gasteiger partial charge in [-0.05, 0) is 48.6 Å². The number of H-pyrrole nitrogens is 1. The van der Waals surface area contributed by atoms with Crippen molar-refractivity contribution in [1.29, 1.82) is 0 Å². The molecule has 0 bridgehead atoms. The topological polar surface area (TPSA) is 165 Å². The zero-order valence-electron chi connectivity index (χ0n) is 27.7.